The quantitative estimate of drug-likeness (QED) is 0.370. The van der Waals surface area contributed by atoms with Crippen LogP contribution in [-0.4, -0.2) is 34.8 Å². The summed E-state index contributed by atoms with van der Waals surface area (Å²) in [7, 11) is -7.79. The Kier molecular flexibility index (Phi) is 10.0. The van der Waals surface area contributed by atoms with Gasteiger partial charge in [-0.3, -0.25) is 14.1 Å². The Morgan fingerprint density at radius 3 is 1.43 bits per heavy atom. The summed E-state index contributed by atoms with van der Waals surface area (Å²) in [4.78, 5) is 4.30. The molecule has 1 rings (SSSR count). The molecule has 0 aliphatic rings. The minimum absolute atomic E-state index is 0.0777. The van der Waals surface area contributed by atoms with Gasteiger partial charge in [-0.25, -0.2) is 0 Å². The van der Waals surface area contributed by atoms with Gasteiger partial charge in [-0.2, -0.15) is 0 Å². The lowest BCUT2D eigenvalue weighted by molar-refractivity contribution is 0.122. The highest BCUT2D eigenvalue weighted by Gasteiger charge is 2.53. The second kappa shape index (κ2) is 11.0. The number of hydrogen-bond donors (Lipinski definition) is 0. The van der Waals surface area contributed by atoms with Crippen molar-refractivity contribution in [2.24, 2.45) is 0 Å². The highest BCUT2D eigenvalue weighted by atomic mass is 31.2. The average molecular weight is 435 g/mol. The molecule has 162 valence electrons. The summed E-state index contributed by atoms with van der Waals surface area (Å²) in [6.07, 6.45) is 0.102. The summed E-state index contributed by atoms with van der Waals surface area (Å²) in [5.41, 5.74) is 0.604. The number of nitrogens with zero attached hydrogens (tertiary/aromatic N) is 1. The molecule has 7 nitrogen and oxygen atoms in total. The average Bonchev–Trinajstić information content (AvgIpc) is 2.50. The van der Waals surface area contributed by atoms with Gasteiger partial charge in [0.2, 0.25) is 0 Å². The zero-order valence-corrected chi connectivity index (χ0v) is 20.0. The van der Waals surface area contributed by atoms with Gasteiger partial charge in [-0.05, 0) is 67.5 Å². The molecule has 0 aliphatic carbocycles. The molecule has 1 aromatic heterocycles. The molecule has 0 atom stereocenters. The minimum Gasteiger partial charge on any atom is -0.305 e. The smallest absolute Gasteiger partial charge is 0.305 e. The van der Waals surface area contributed by atoms with Crippen LogP contribution in [0.5, 0.6) is 0 Å². The summed E-state index contributed by atoms with van der Waals surface area (Å²) in [5.74, 6) is 0. The van der Waals surface area contributed by atoms with Crippen LogP contribution in [0.4, 0.5) is 0 Å². The van der Waals surface area contributed by atoms with Crippen LogP contribution in [0.1, 0.15) is 61.1 Å². The standard InChI is InChI=1S/C19H35NO6P2/c1-14(2)23-27(21,24-15(3)4)19(13-18-11-9-10-12-20-18)28(22,25-16(5)6)26-17(7)8/h9-12,14-17,19H,13H2,1-8H3. The van der Waals surface area contributed by atoms with Crippen molar-refractivity contribution in [1.29, 1.82) is 0 Å². The van der Waals surface area contributed by atoms with E-state index in [0.29, 0.717) is 5.69 Å². The van der Waals surface area contributed by atoms with Crippen LogP contribution in [0.15, 0.2) is 24.4 Å². The molecule has 0 N–H and O–H groups in total. The summed E-state index contributed by atoms with van der Waals surface area (Å²) in [5, 5.41) is -1.13. The van der Waals surface area contributed by atoms with Crippen molar-refractivity contribution < 1.29 is 27.2 Å². The maximum atomic E-state index is 13.9. The Morgan fingerprint density at radius 2 is 1.14 bits per heavy atom. The first-order chi connectivity index (χ1) is 12.9. The molecule has 0 aliphatic heterocycles. The molecule has 0 radical (unpaired) electrons. The van der Waals surface area contributed by atoms with Gasteiger partial charge in [0.05, 0.1) is 24.4 Å². The number of aromatic nitrogens is 1. The van der Waals surface area contributed by atoms with E-state index in [4.69, 9.17) is 18.1 Å². The normalized spacial score (nSPS) is 13.5. The third kappa shape index (κ3) is 8.06. The van der Waals surface area contributed by atoms with Gasteiger partial charge >= 0.3 is 15.2 Å². The summed E-state index contributed by atoms with van der Waals surface area (Å²) in [6, 6.07) is 5.37. The molecule has 0 fully saturated rings. The third-order valence-corrected chi connectivity index (χ3v) is 9.66. The predicted octanol–water partition coefficient (Wildman–Crippen LogP) is 6.04. The van der Waals surface area contributed by atoms with Gasteiger partial charge in [0, 0.05) is 18.3 Å². The topological polar surface area (TPSA) is 84.0 Å². The minimum atomic E-state index is -3.89. The molecular formula is C19H35NO6P2. The van der Waals surface area contributed by atoms with Crippen molar-refractivity contribution in [3.05, 3.63) is 30.1 Å². The van der Waals surface area contributed by atoms with E-state index in [-0.39, 0.29) is 6.42 Å². The summed E-state index contributed by atoms with van der Waals surface area (Å²) in [6.45, 7) is 14.0. The van der Waals surface area contributed by atoms with Gasteiger partial charge < -0.3 is 18.1 Å². The van der Waals surface area contributed by atoms with Crippen LogP contribution in [0.25, 0.3) is 0 Å². The fourth-order valence-electron chi connectivity index (χ4n) is 2.61. The first-order valence-electron chi connectivity index (χ1n) is 9.71. The summed E-state index contributed by atoms with van der Waals surface area (Å²) < 4.78 is 51.0. The fourth-order valence-corrected chi connectivity index (χ4v) is 8.48. The molecule has 0 spiro atoms. The van der Waals surface area contributed by atoms with E-state index in [1.807, 2.05) is 6.07 Å². The molecule has 9 heteroatoms. The van der Waals surface area contributed by atoms with Crippen LogP contribution >= 0.6 is 15.2 Å². The molecule has 0 bridgehead atoms. The highest BCUT2D eigenvalue weighted by Crippen LogP contribution is 2.72. The predicted molar refractivity (Wildman–Crippen MR) is 112 cm³/mol. The highest BCUT2D eigenvalue weighted by molar-refractivity contribution is 7.72. The van der Waals surface area contributed by atoms with Crippen LogP contribution in [0.2, 0.25) is 0 Å². The molecule has 0 aromatic carbocycles. The third-order valence-electron chi connectivity index (χ3n) is 3.28. The van der Waals surface area contributed by atoms with E-state index in [9.17, 15) is 9.13 Å². The molecule has 0 unspecified atom stereocenters. The lowest BCUT2D eigenvalue weighted by atomic mass is 10.3. The maximum Gasteiger partial charge on any atom is 0.346 e. The molecule has 0 amide bonds. The molecule has 0 saturated heterocycles. The number of rotatable bonds is 12. The second-order valence-corrected chi connectivity index (χ2v) is 12.4. The fraction of sp³-hybridized carbons (Fsp3) is 0.737. The van der Waals surface area contributed by atoms with E-state index in [0.717, 1.165) is 0 Å². The lowest BCUT2D eigenvalue weighted by Gasteiger charge is -2.35. The second-order valence-electron chi connectivity index (χ2n) is 7.70. The van der Waals surface area contributed by atoms with Gasteiger partial charge in [-0.15, -0.1) is 0 Å². The van der Waals surface area contributed by atoms with Crippen LogP contribution in [0.3, 0.4) is 0 Å². The molecular weight excluding hydrogens is 400 g/mol. The molecule has 1 heterocycles. The maximum absolute atomic E-state index is 13.9. The SMILES string of the molecule is CC(C)OP(=O)(OC(C)C)C(Cc1ccccn1)P(=O)(OC(C)C)OC(C)C. The summed E-state index contributed by atoms with van der Waals surface area (Å²) >= 11 is 0. The lowest BCUT2D eigenvalue weighted by Crippen LogP contribution is -2.25. The van der Waals surface area contributed by atoms with Crippen molar-refractivity contribution in [2.45, 2.75) is 91.6 Å². The van der Waals surface area contributed by atoms with E-state index in [2.05, 4.69) is 4.98 Å². The molecule has 1 aromatic rings. The number of hydrogen-bond acceptors (Lipinski definition) is 7. The van der Waals surface area contributed by atoms with E-state index >= 15 is 0 Å². The molecule has 0 saturated carbocycles. The van der Waals surface area contributed by atoms with Crippen molar-refractivity contribution in [3.8, 4) is 0 Å². The first-order valence-corrected chi connectivity index (χ1v) is 12.9. The van der Waals surface area contributed by atoms with Crippen molar-refractivity contribution in [1.82, 2.24) is 4.98 Å². The van der Waals surface area contributed by atoms with Crippen LogP contribution < -0.4 is 0 Å². The van der Waals surface area contributed by atoms with Gasteiger partial charge in [0.1, 0.15) is 0 Å². The Labute approximate surface area is 169 Å². The Bertz CT molecular complexity index is 612. The molecule has 28 heavy (non-hydrogen) atoms. The first kappa shape index (κ1) is 25.5. The Hall–Kier alpha value is -0.550. The van der Waals surface area contributed by atoms with Crippen molar-refractivity contribution >= 4 is 15.2 Å². The Morgan fingerprint density at radius 1 is 0.750 bits per heavy atom. The van der Waals surface area contributed by atoms with E-state index in [1.54, 1.807) is 73.7 Å². The number of pyridine rings is 1. The monoisotopic (exact) mass is 435 g/mol. The zero-order valence-electron chi connectivity index (χ0n) is 18.2. The van der Waals surface area contributed by atoms with Crippen molar-refractivity contribution in [2.75, 3.05) is 0 Å². The van der Waals surface area contributed by atoms with Gasteiger partial charge in [-0.1, -0.05) is 6.07 Å². The van der Waals surface area contributed by atoms with E-state index < -0.39 is 45.0 Å². The van der Waals surface area contributed by atoms with E-state index in [1.165, 1.54) is 0 Å². The Balaban J connectivity index is 3.53. The van der Waals surface area contributed by atoms with Crippen LogP contribution in [-0.2, 0) is 33.6 Å². The van der Waals surface area contributed by atoms with Crippen molar-refractivity contribution in [3.63, 3.8) is 0 Å². The van der Waals surface area contributed by atoms with Crippen LogP contribution in [0, 0.1) is 0 Å². The zero-order chi connectivity index (χ0) is 21.5. The van der Waals surface area contributed by atoms with Gasteiger partial charge in [0.25, 0.3) is 0 Å². The largest absolute Gasteiger partial charge is 0.346 e. The van der Waals surface area contributed by atoms with Gasteiger partial charge in [0.15, 0.2) is 5.40 Å².